The second-order valence-electron chi connectivity index (χ2n) is 8.76. The molecule has 1 fully saturated rings. The predicted molar refractivity (Wildman–Crippen MR) is 155 cm³/mol. The summed E-state index contributed by atoms with van der Waals surface area (Å²) in [5.74, 6) is -0.879. The van der Waals surface area contributed by atoms with Crippen LogP contribution in [0.1, 0.15) is 23.7 Å². The lowest BCUT2D eigenvalue weighted by molar-refractivity contribution is -0.145. The number of nitrogen functional groups attached to an aromatic ring is 1. The number of nitrogens with two attached hydrogens (primary N) is 1. The first-order valence-corrected chi connectivity index (χ1v) is 14.8. The van der Waals surface area contributed by atoms with Gasteiger partial charge in [-0.15, -0.1) is 23.1 Å². The van der Waals surface area contributed by atoms with Crippen molar-refractivity contribution in [3.63, 3.8) is 0 Å². The number of aromatic nitrogens is 1. The zero-order valence-electron chi connectivity index (χ0n) is 21.8. The summed E-state index contributed by atoms with van der Waals surface area (Å²) in [5.41, 5.74) is 9.12. The average molecular weight is 603 g/mol. The third-order valence-corrected chi connectivity index (χ3v) is 9.01. The number of rotatable bonds is 10. The third-order valence-electron chi connectivity index (χ3n) is 6.18. The van der Waals surface area contributed by atoms with Crippen molar-refractivity contribution in [1.29, 1.82) is 0 Å². The lowest BCUT2D eigenvalue weighted by atomic mass is 9.96. The molecule has 2 aliphatic rings. The number of thioether (sulfide) groups is 2. The fraction of sp³-hybridized carbons (Fsp3) is 0.320. The molecule has 1 aromatic heterocycles. The molecule has 0 saturated carbocycles. The van der Waals surface area contributed by atoms with Crippen LogP contribution < -0.4 is 16.4 Å². The van der Waals surface area contributed by atoms with Gasteiger partial charge in [0.15, 0.2) is 22.2 Å². The molecular formula is C25H26N6O6S3. The summed E-state index contributed by atoms with van der Waals surface area (Å²) in [7, 11) is 1.29. The highest BCUT2D eigenvalue weighted by molar-refractivity contribution is 8.14. The Balaban J connectivity index is 1.47. The smallest absolute Gasteiger partial charge is 0.276 e. The van der Waals surface area contributed by atoms with Crippen LogP contribution in [0.2, 0.25) is 0 Å². The molecule has 1 saturated heterocycles. The van der Waals surface area contributed by atoms with Crippen LogP contribution in [-0.4, -0.2) is 74.7 Å². The number of nitrogens with zero attached hydrogens (tertiary/aromatic N) is 3. The van der Waals surface area contributed by atoms with Crippen LogP contribution >= 0.6 is 34.9 Å². The van der Waals surface area contributed by atoms with Crippen molar-refractivity contribution >= 4 is 80.5 Å². The number of aldehydes is 1. The molecule has 210 valence electrons. The number of thiazole rings is 1. The Labute approximate surface area is 242 Å². The van der Waals surface area contributed by atoms with E-state index in [-0.39, 0.29) is 39.0 Å². The number of hydrogen-bond donors (Lipinski definition) is 3. The summed E-state index contributed by atoms with van der Waals surface area (Å²) in [5, 5.41) is 10.5. The normalized spacial score (nSPS) is 18.5. The number of hydrogen-bond acceptors (Lipinski definition) is 12. The molecule has 0 unspecified atom stereocenters. The number of carbonyl (C=O) groups is 5. The van der Waals surface area contributed by atoms with E-state index in [0.29, 0.717) is 24.1 Å². The van der Waals surface area contributed by atoms with Crippen LogP contribution in [-0.2, 0) is 35.2 Å². The van der Waals surface area contributed by atoms with Crippen LogP contribution in [0.4, 0.5) is 10.8 Å². The van der Waals surface area contributed by atoms with Gasteiger partial charge in [0.05, 0.1) is 11.4 Å². The molecule has 40 heavy (non-hydrogen) atoms. The zero-order valence-corrected chi connectivity index (χ0v) is 24.2. The molecule has 0 bridgehead atoms. The molecule has 2 atom stereocenters. The minimum atomic E-state index is -0.861. The van der Waals surface area contributed by atoms with E-state index in [2.05, 4.69) is 20.8 Å². The lowest BCUT2D eigenvalue weighted by Crippen LogP contribution is -2.70. The highest BCUT2D eigenvalue weighted by Crippen LogP contribution is 2.40. The summed E-state index contributed by atoms with van der Waals surface area (Å²) < 4.78 is 0. The summed E-state index contributed by atoms with van der Waals surface area (Å²) in [6.07, 6.45) is 1.05. The van der Waals surface area contributed by atoms with E-state index in [1.165, 1.54) is 30.7 Å². The SMILES string of the molecule is CO/N=C(\C(=O)N[C@@H]1C(=O)N2C(C=O)=C(Cc3cccc(NC(=O)CSC(C)=O)c3C)CS[C@H]12)c1csc(N)n1. The summed E-state index contributed by atoms with van der Waals surface area (Å²) >= 11 is 3.50. The third kappa shape index (κ3) is 6.21. The first kappa shape index (κ1) is 29.3. The van der Waals surface area contributed by atoms with E-state index >= 15 is 0 Å². The van der Waals surface area contributed by atoms with Gasteiger partial charge in [-0.3, -0.25) is 28.9 Å². The number of anilines is 2. The first-order valence-electron chi connectivity index (χ1n) is 11.9. The van der Waals surface area contributed by atoms with E-state index in [1.54, 1.807) is 17.5 Å². The molecule has 1 aromatic carbocycles. The number of benzene rings is 1. The molecule has 0 spiro atoms. The number of fused-ring (bicyclic) bond motifs is 1. The van der Waals surface area contributed by atoms with Gasteiger partial charge >= 0.3 is 0 Å². The topological polar surface area (TPSA) is 173 Å². The Morgan fingerprint density at radius 1 is 1.35 bits per heavy atom. The van der Waals surface area contributed by atoms with Gasteiger partial charge in [-0.2, -0.15) is 0 Å². The van der Waals surface area contributed by atoms with Crippen molar-refractivity contribution < 1.29 is 28.8 Å². The van der Waals surface area contributed by atoms with Crippen LogP contribution in [0, 0.1) is 6.92 Å². The maximum absolute atomic E-state index is 13.1. The molecule has 3 amide bonds. The molecule has 4 rings (SSSR count). The van der Waals surface area contributed by atoms with Crippen molar-refractivity contribution in [1.82, 2.24) is 15.2 Å². The predicted octanol–water partition coefficient (Wildman–Crippen LogP) is 1.70. The van der Waals surface area contributed by atoms with Gasteiger partial charge in [-0.25, -0.2) is 4.98 Å². The standard InChI is InChI=1S/C25H26N6O6S3/c1-12-14(5-4-6-16(12)27-19(34)11-38-13(2)33)7-15-9-39-24-21(23(36)31(24)18(15)8-32)29-22(35)20(30-37-3)17-10-40-25(26)28-17/h4-6,8,10,21,24H,7,9,11H2,1-3H3,(H2,26,28)(H,27,34)(H,29,35)/b30-20-/t21-,24-/m1/s1. The van der Waals surface area contributed by atoms with Gasteiger partial charge in [-0.05, 0) is 36.1 Å². The Bertz CT molecular complexity index is 1440. The van der Waals surface area contributed by atoms with Gasteiger partial charge in [0.2, 0.25) is 5.91 Å². The lowest BCUT2D eigenvalue weighted by Gasteiger charge is -2.49. The number of β-lactam (4-membered cyclic amide) rings is 1. The maximum atomic E-state index is 13.1. The van der Waals surface area contributed by atoms with E-state index in [4.69, 9.17) is 10.6 Å². The molecule has 2 aromatic rings. The number of carbonyl (C=O) groups excluding carboxylic acids is 5. The largest absolute Gasteiger partial charge is 0.398 e. The van der Waals surface area contributed by atoms with Gasteiger partial charge in [0.1, 0.15) is 24.2 Å². The molecular weight excluding hydrogens is 577 g/mol. The van der Waals surface area contributed by atoms with Gasteiger partial charge in [0.25, 0.3) is 11.8 Å². The highest BCUT2D eigenvalue weighted by atomic mass is 32.2. The van der Waals surface area contributed by atoms with Crippen molar-refractivity contribution in [3.8, 4) is 0 Å². The van der Waals surface area contributed by atoms with Gasteiger partial charge in [-0.1, -0.05) is 29.1 Å². The summed E-state index contributed by atoms with van der Waals surface area (Å²) in [6.45, 7) is 3.26. The van der Waals surface area contributed by atoms with Crippen LogP contribution in [0.3, 0.4) is 0 Å². The van der Waals surface area contributed by atoms with Gasteiger partial charge < -0.3 is 21.2 Å². The molecule has 12 nitrogen and oxygen atoms in total. The fourth-order valence-electron chi connectivity index (χ4n) is 4.23. The minimum absolute atomic E-state index is 0.0168. The maximum Gasteiger partial charge on any atom is 0.276 e. The van der Waals surface area contributed by atoms with Crippen LogP contribution in [0.15, 0.2) is 40.0 Å². The van der Waals surface area contributed by atoms with E-state index in [0.717, 1.165) is 39.8 Å². The van der Waals surface area contributed by atoms with Crippen molar-refractivity contribution in [2.45, 2.75) is 31.7 Å². The van der Waals surface area contributed by atoms with Crippen LogP contribution in [0.25, 0.3) is 0 Å². The Morgan fingerprint density at radius 2 is 2.12 bits per heavy atom. The first-order chi connectivity index (χ1) is 19.1. The number of nitrogens with one attached hydrogen (secondary N) is 2. The Hall–Kier alpha value is -3.69. The van der Waals surface area contributed by atoms with Crippen molar-refractivity contribution in [2.24, 2.45) is 5.16 Å². The van der Waals surface area contributed by atoms with E-state index < -0.39 is 23.2 Å². The van der Waals surface area contributed by atoms with Crippen molar-refractivity contribution in [2.75, 3.05) is 29.7 Å². The summed E-state index contributed by atoms with van der Waals surface area (Å²) in [6, 6.07) is 4.60. The summed E-state index contributed by atoms with van der Waals surface area (Å²) in [4.78, 5) is 71.8. The molecule has 0 aliphatic carbocycles. The Kier molecular flexibility index (Phi) is 9.27. The average Bonchev–Trinajstić information content (AvgIpc) is 3.36. The van der Waals surface area contributed by atoms with Crippen LogP contribution in [0.5, 0.6) is 0 Å². The van der Waals surface area contributed by atoms with Crippen molar-refractivity contribution in [3.05, 3.63) is 51.7 Å². The van der Waals surface area contributed by atoms with E-state index in [9.17, 15) is 24.0 Å². The second-order valence-corrected chi connectivity index (χ2v) is 11.9. The molecule has 3 heterocycles. The zero-order chi connectivity index (χ0) is 29.0. The minimum Gasteiger partial charge on any atom is -0.398 e. The number of oxime groups is 1. The Morgan fingerprint density at radius 3 is 2.77 bits per heavy atom. The van der Waals surface area contributed by atoms with Gasteiger partial charge in [0, 0.05) is 23.7 Å². The molecule has 0 radical (unpaired) electrons. The fourth-order valence-corrected chi connectivity index (χ4v) is 6.55. The molecule has 15 heteroatoms. The second kappa shape index (κ2) is 12.7. The highest BCUT2D eigenvalue weighted by Gasteiger charge is 2.52. The number of allylic oxidation sites excluding steroid dienone is 1. The number of amides is 3. The molecule has 4 N–H and O–H groups in total. The van der Waals surface area contributed by atoms with E-state index in [1.807, 2.05) is 13.0 Å². The molecule has 2 aliphatic heterocycles. The quantitative estimate of drug-likeness (QED) is 0.157. The monoisotopic (exact) mass is 602 g/mol.